The summed E-state index contributed by atoms with van der Waals surface area (Å²) in [5.74, 6) is 0.745. The fourth-order valence-electron chi connectivity index (χ4n) is 1.75. The van der Waals surface area contributed by atoms with E-state index in [4.69, 9.17) is 4.74 Å². The fraction of sp³-hybridized carbons (Fsp3) is 1.00. The molecule has 1 atom stereocenters. The Morgan fingerprint density at radius 2 is 2.07 bits per heavy atom. The molecule has 0 aromatic heterocycles. The molecular formula is C11H24N2O. The second-order valence-electron chi connectivity index (χ2n) is 4.04. The standard InChI is InChI=1S/C11H24N2O/c1-2-5-12-6-7-13-9-11-4-3-8-14-10-11/h11-13H,2-10H2,1H3. The molecule has 1 rings (SSSR count). The molecule has 1 aliphatic heterocycles. The van der Waals surface area contributed by atoms with Crippen LogP contribution < -0.4 is 10.6 Å². The van der Waals surface area contributed by atoms with Crippen LogP contribution in [0.2, 0.25) is 0 Å². The largest absolute Gasteiger partial charge is 0.381 e. The molecule has 0 spiro atoms. The summed E-state index contributed by atoms with van der Waals surface area (Å²) < 4.78 is 5.42. The average Bonchev–Trinajstić information content (AvgIpc) is 2.25. The van der Waals surface area contributed by atoms with Gasteiger partial charge in [-0.2, -0.15) is 0 Å². The van der Waals surface area contributed by atoms with Gasteiger partial charge in [-0.05, 0) is 31.7 Å². The first-order chi connectivity index (χ1) is 6.93. The highest BCUT2D eigenvalue weighted by atomic mass is 16.5. The lowest BCUT2D eigenvalue weighted by atomic mass is 10.0. The van der Waals surface area contributed by atoms with Crippen LogP contribution in [0, 0.1) is 5.92 Å². The van der Waals surface area contributed by atoms with Crippen LogP contribution in [0.25, 0.3) is 0 Å². The molecule has 3 heteroatoms. The second-order valence-corrected chi connectivity index (χ2v) is 4.04. The van der Waals surface area contributed by atoms with Gasteiger partial charge in [-0.15, -0.1) is 0 Å². The molecule has 0 aromatic carbocycles. The smallest absolute Gasteiger partial charge is 0.0506 e. The predicted octanol–water partition coefficient (Wildman–Crippen LogP) is 1.00. The summed E-state index contributed by atoms with van der Waals surface area (Å²) in [6.07, 6.45) is 3.78. The average molecular weight is 200 g/mol. The maximum atomic E-state index is 5.42. The third kappa shape index (κ3) is 5.58. The van der Waals surface area contributed by atoms with Crippen LogP contribution in [0.4, 0.5) is 0 Å². The molecule has 0 aromatic rings. The number of hydrogen-bond acceptors (Lipinski definition) is 3. The van der Waals surface area contributed by atoms with Gasteiger partial charge in [0, 0.05) is 26.2 Å². The quantitative estimate of drug-likeness (QED) is 0.602. The zero-order chi connectivity index (χ0) is 10.1. The summed E-state index contributed by atoms with van der Waals surface area (Å²) in [5.41, 5.74) is 0. The van der Waals surface area contributed by atoms with E-state index in [1.54, 1.807) is 0 Å². The van der Waals surface area contributed by atoms with Gasteiger partial charge in [0.2, 0.25) is 0 Å². The van der Waals surface area contributed by atoms with E-state index in [1.807, 2.05) is 0 Å². The molecule has 0 radical (unpaired) electrons. The van der Waals surface area contributed by atoms with Crippen molar-refractivity contribution in [2.24, 2.45) is 5.92 Å². The highest BCUT2D eigenvalue weighted by Crippen LogP contribution is 2.11. The Labute approximate surface area is 87.6 Å². The van der Waals surface area contributed by atoms with Gasteiger partial charge in [-0.25, -0.2) is 0 Å². The van der Waals surface area contributed by atoms with Gasteiger partial charge in [-0.1, -0.05) is 6.92 Å². The highest BCUT2D eigenvalue weighted by molar-refractivity contribution is 4.66. The molecule has 1 fully saturated rings. The Kier molecular flexibility index (Phi) is 7.01. The van der Waals surface area contributed by atoms with Crippen LogP contribution in [0.15, 0.2) is 0 Å². The van der Waals surface area contributed by atoms with Crippen molar-refractivity contribution < 1.29 is 4.74 Å². The first-order valence-electron chi connectivity index (χ1n) is 5.92. The van der Waals surface area contributed by atoms with E-state index in [-0.39, 0.29) is 0 Å². The SMILES string of the molecule is CCCNCCNCC1CCCOC1. The maximum absolute atomic E-state index is 5.42. The van der Waals surface area contributed by atoms with Crippen LogP contribution in [-0.4, -0.2) is 39.4 Å². The van der Waals surface area contributed by atoms with Gasteiger partial charge >= 0.3 is 0 Å². The maximum Gasteiger partial charge on any atom is 0.0506 e. The van der Waals surface area contributed by atoms with E-state index in [0.717, 1.165) is 45.3 Å². The van der Waals surface area contributed by atoms with Crippen molar-refractivity contribution in [2.45, 2.75) is 26.2 Å². The number of nitrogens with one attached hydrogen (secondary N) is 2. The van der Waals surface area contributed by atoms with Crippen molar-refractivity contribution >= 4 is 0 Å². The van der Waals surface area contributed by atoms with Gasteiger partial charge in [0.05, 0.1) is 6.61 Å². The summed E-state index contributed by atoms with van der Waals surface area (Å²) in [4.78, 5) is 0. The van der Waals surface area contributed by atoms with Crippen molar-refractivity contribution in [3.8, 4) is 0 Å². The van der Waals surface area contributed by atoms with Gasteiger partial charge in [0.15, 0.2) is 0 Å². The summed E-state index contributed by atoms with van der Waals surface area (Å²) in [6.45, 7) is 8.53. The molecule has 3 nitrogen and oxygen atoms in total. The predicted molar refractivity (Wildman–Crippen MR) is 59.6 cm³/mol. The van der Waals surface area contributed by atoms with E-state index >= 15 is 0 Å². The van der Waals surface area contributed by atoms with E-state index in [2.05, 4.69) is 17.6 Å². The van der Waals surface area contributed by atoms with Crippen molar-refractivity contribution in [3.05, 3.63) is 0 Å². The number of hydrogen-bond donors (Lipinski definition) is 2. The molecule has 1 saturated heterocycles. The van der Waals surface area contributed by atoms with E-state index in [0.29, 0.717) is 0 Å². The molecule has 2 N–H and O–H groups in total. The molecule has 84 valence electrons. The normalized spacial score (nSPS) is 22.5. The van der Waals surface area contributed by atoms with Crippen molar-refractivity contribution in [1.29, 1.82) is 0 Å². The van der Waals surface area contributed by atoms with Crippen LogP contribution in [0.3, 0.4) is 0 Å². The Morgan fingerprint density at radius 1 is 1.21 bits per heavy atom. The lowest BCUT2D eigenvalue weighted by Gasteiger charge is -2.22. The van der Waals surface area contributed by atoms with Crippen molar-refractivity contribution in [3.63, 3.8) is 0 Å². The Hall–Kier alpha value is -0.120. The summed E-state index contributed by atoms with van der Waals surface area (Å²) in [5, 5.41) is 6.85. The molecule has 0 aliphatic carbocycles. The molecule has 1 aliphatic rings. The molecule has 1 unspecified atom stereocenters. The third-order valence-electron chi connectivity index (χ3n) is 2.59. The lowest BCUT2D eigenvalue weighted by Crippen LogP contribution is -2.33. The van der Waals surface area contributed by atoms with E-state index in [9.17, 15) is 0 Å². The first-order valence-corrected chi connectivity index (χ1v) is 5.92. The van der Waals surface area contributed by atoms with Crippen molar-refractivity contribution in [2.75, 3.05) is 39.4 Å². The van der Waals surface area contributed by atoms with E-state index < -0.39 is 0 Å². The van der Waals surface area contributed by atoms with Crippen LogP contribution in [0.5, 0.6) is 0 Å². The summed E-state index contributed by atoms with van der Waals surface area (Å²) in [6, 6.07) is 0. The zero-order valence-electron chi connectivity index (χ0n) is 9.35. The molecule has 0 bridgehead atoms. The minimum absolute atomic E-state index is 0.745. The van der Waals surface area contributed by atoms with E-state index in [1.165, 1.54) is 19.3 Å². The highest BCUT2D eigenvalue weighted by Gasteiger charge is 2.12. The van der Waals surface area contributed by atoms with Crippen LogP contribution >= 0.6 is 0 Å². The Bertz CT molecular complexity index is 124. The van der Waals surface area contributed by atoms with Crippen LogP contribution in [-0.2, 0) is 4.74 Å². The van der Waals surface area contributed by atoms with Gasteiger partial charge in [0.25, 0.3) is 0 Å². The van der Waals surface area contributed by atoms with Gasteiger partial charge < -0.3 is 15.4 Å². The topological polar surface area (TPSA) is 33.3 Å². The number of rotatable bonds is 7. The molecule has 1 heterocycles. The van der Waals surface area contributed by atoms with Crippen molar-refractivity contribution in [1.82, 2.24) is 10.6 Å². The molecule has 0 amide bonds. The summed E-state index contributed by atoms with van der Waals surface area (Å²) in [7, 11) is 0. The fourth-order valence-corrected chi connectivity index (χ4v) is 1.75. The van der Waals surface area contributed by atoms with Crippen LogP contribution in [0.1, 0.15) is 26.2 Å². The van der Waals surface area contributed by atoms with Gasteiger partial charge in [-0.3, -0.25) is 0 Å². The third-order valence-corrected chi connectivity index (χ3v) is 2.59. The Morgan fingerprint density at radius 3 is 2.79 bits per heavy atom. The lowest BCUT2D eigenvalue weighted by molar-refractivity contribution is 0.0549. The molecule has 0 saturated carbocycles. The zero-order valence-corrected chi connectivity index (χ0v) is 9.35. The summed E-state index contributed by atoms with van der Waals surface area (Å²) >= 11 is 0. The first kappa shape index (κ1) is 12.0. The molecular weight excluding hydrogens is 176 g/mol. The molecule has 14 heavy (non-hydrogen) atoms. The Balaban J connectivity index is 1.82. The minimum Gasteiger partial charge on any atom is -0.381 e. The number of ether oxygens (including phenoxy) is 1. The monoisotopic (exact) mass is 200 g/mol. The second kappa shape index (κ2) is 8.21. The van der Waals surface area contributed by atoms with Gasteiger partial charge in [0.1, 0.15) is 0 Å². The minimum atomic E-state index is 0.745.